The lowest BCUT2D eigenvalue weighted by atomic mass is 10.3. The van der Waals surface area contributed by atoms with Crippen molar-refractivity contribution < 1.29 is 22.3 Å². The van der Waals surface area contributed by atoms with E-state index in [4.69, 9.17) is 19.0 Å². The van der Waals surface area contributed by atoms with Crippen molar-refractivity contribution in [3.05, 3.63) is 48.4 Å². The number of ether oxygens (including phenoxy) is 2. The molecular formula is C16H22N2O5S. The normalized spacial score (nSPS) is 11.8. The summed E-state index contributed by atoms with van der Waals surface area (Å²) in [5.74, 6) is 1.47. The number of nitrogens with two attached hydrogens (primary N) is 1. The molecule has 0 radical (unpaired) electrons. The predicted octanol–water partition coefficient (Wildman–Crippen LogP) is 1.45. The summed E-state index contributed by atoms with van der Waals surface area (Å²) in [4.78, 5) is 2.22. The lowest BCUT2D eigenvalue weighted by Gasteiger charge is -2.20. The SMILES string of the molecule is COCCN(CCOc1ccc(S(N)(=O)=O)cc1)Cc1ccco1. The number of furan rings is 1. The summed E-state index contributed by atoms with van der Waals surface area (Å²) in [7, 11) is -2.02. The first kappa shape index (κ1) is 18.5. The van der Waals surface area contributed by atoms with E-state index in [9.17, 15) is 8.42 Å². The Morgan fingerprint density at radius 2 is 1.83 bits per heavy atom. The van der Waals surface area contributed by atoms with Gasteiger partial charge in [-0.25, -0.2) is 13.6 Å². The second-order valence-electron chi connectivity index (χ2n) is 5.21. The Kier molecular flexibility index (Phi) is 6.80. The van der Waals surface area contributed by atoms with Crippen LogP contribution in [-0.4, -0.2) is 46.7 Å². The molecule has 0 aliphatic carbocycles. The second kappa shape index (κ2) is 8.84. The molecule has 2 N–H and O–H groups in total. The molecule has 1 heterocycles. The standard InChI is InChI=1S/C16H22N2O5S/c1-21-11-8-18(13-15-3-2-10-22-15)9-12-23-14-4-6-16(7-5-14)24(17,19)20/h2-7,10H,8-9,11-13H2,1H3,(H2,17,19,20). The first-order valence-electron chi connectivity index (χ1n) is 7.48. The smallest absolute Gasteiger partial charge is 0.238 e. The molecule has 1 aromatic carbocycles. The molecule has 0 unspecified atom stereocenters. The zero-order valence-electron chi connectivity index (χ0n) is 13.6. The van der Waals surface area contributed by atoms with Crippen LogP contribution in [0.2, 0.25) is 0 Å². The topological polar surface area (TPSA) is 95.0 Å². The molecule has 24 heavy (non-hydrogen) atoms. The average Bonchev–Trinajstić information content (AvgIpc) is 3.05. The van der Waals surface area contributed by atoms with Crippen LogP contribution in [-0.2, 0) is 21.3 Å². The molecule has 0 atom stereocenters. The van der Waals surface area contributed by atoms with Gasteiger partial charge in [-0.15, -0.1) is 0 Å². The van der Waals surface area contributed by atoms with Gasteiger partial charge >= 0.3 is 0 Å². The summed E-state index contributed by atoms with van der Waals surface area (Å²) in [6.07, 6.45) is 1.65. The molecule has 0 saturated carbocycles. The predicted molar refractivity (Wildman–Crippen MR) is 89.2 cm³/mol. The number of rotatable bonds is 10. The summed E-state index contributed by atoms with van der Waals surface area (Å²) >= 11 is 0. The van der Waals surface area contributed by atoms with E-state index in [0.29, 0.717) is 32.1 Å². The average molecular weight is 354 g/mol. The summed E-state index contributed by atoms with van der Waals surface area (Å²) in [5, 5.41) is 5.06. The molecule has 0 fully saturated rings. The minimum absolute atomic E-state index is 0.0643. The third kappa shape index (κ3) is 5.97. The Balaban J connectivity index is 1.85. The Labute approximate surface area is 142 Å². The molecule has 8 heteroatoms. The molecule has 0 amide bonds. The number of nitrogens with zero attached hydrogens (tertiary/aromatic N) is 1. The van der Waals surface area contributed by atoms with Crippen molar-refractivity contribution >= 4 is 10.0 Å². The van der Waals surface area contributed by atoms with E-state index in [1.807, 2.05) is 12.1 Å². The van der Waals surface area contributed by atoms with Crippen molar-refractivity contribution in [3.8, 4) is 5.75 Å². The van der Waals surface area contributed by atoms with Crippen LogP contribution >= 0.6 is 0 Å². The van der Waals surface area contributed by atoms with E-state index in [2.05, 4.69) is 4.90 Å². The lowest BCUT2D eigenvalue weighted by molar-refractivity contribution is 0.126. The van der Waals surface area contributed by atoms with Gasteiger partial charge in [-0.1, -0.05) is 0 Å². The van der Waals surface area contributed by atoms with Gasteiger partial charge in [-0.3, -0.25) is 4.90 Å². The Hall–Kier alpha value is -1.87. The van der Waals surface area contributed by atoms with Gasteiger partial charge in [-0.05, 0) is 36.4 Å². The minimum atomic E-state index is -3.68. The van der Waals surface area contributed by atoms with Crippen molar-refractivity contribution in [2.45, 2.75) is 11.4 Å². The van der Waals surface area contributed by atoms with Crippen molar-refractivity contribution in [1.29, 1.82) is 0 Å². The maximum absolute atomic E-state index is 11.2. The summed E-state index contributed by atoms with van der Waals surface area (Å²) in [5.41, 5.74) is 0. The van der Waals surface area contributed by atoms with Gasteiger partial charge in [0.15, 0.2) is 0 Å². The van der Waals surface area contributed by atoms with Crippen molar-refractivity contribution in [3.63, 3.8) is 0 Å². The van der Waals surface area contributed by atoms with E-state index in [1.54, 1.807) is 25.5 Å². The summed E-state index contributed by atoms with van der Waals surface area (Å²) in [6, 6.07) is 9.81. The molecule has 2 rings (SSSR count). The number of primary sulfonamides is 1. The maximum atomic E-state index is 11.2. The van der Waals surface area contributed by atoms with Crippen LogP contribution in [0.5, 0.6) is 5.75 Å². The first-order chi connectivity index (χ1) is 11.5. The lowest BCUT2D eigenvalue weighted by Crippen LogP contribution is -2.31. The quantitative estimate of drug-likeness (QED) is 0.694. The summed E-state index contributed by atoms with van der Waals surface area (Å²) in [6.45, 7) is 3.18. The fourth-order valence-corrected chi connectivity index (χ4v) is 2.65. The van der Waals surface area contributed by atoms with Crippen LogP contribution < -0.4 is 9.88 Å². The zero-order chi connectivity index (χ0) is 17.4. The van der Waals surface area contributed by atoms with Gasteiger partial charge in [0.1, 0.15) is 18.1 Å². The molecule has 1 aromatic heterocycles. The Bertz CT molecular complexity index is 699. The van der Waals surface area contributed by atoms with Crippen molar-refractivity contribution in [1.82, 2.24) is 4.90 Å². The fourth-order valence-electron chi connectivity index (χ4n) is 2.13. The van der Waals surface area contributed by atoms with Crippen LogP contribution in [0, 0.1) is 0 Å². The number of benzene rings is 1. The minimum Gasteiger partial charge on any atom is -0.492 e. The zero-order valence-corrected chi connectivity index (χ0v) is 14.4. The van der Waals surface area contributed by atoms with E-state index in [0.717, 1.165) is 12.3 Å². The van der Waals surface area contributed by atoms with Crippen LogP contribution in [0.25, 0.3) is 0 Å². The van der Waals surface area contributed by atoms with Gasteiger partial charge in [0.25, 0.3) is 0 Å². The summed E-state index contributed by atoms with van der Waals surface area (Å²) < 4.78 is 38.6. The van der Waals surface area contributed by atoms with Gasteiger partial charge in [-0.2, -0.15) is 0 Å². The van der Waals surface area contributed by atoms with Crippen molar-refractivity contribution in [2.75, 3.05) is 33.4 Å². The monoisotopic (exact) mass is 354 g/mol. The molecule has 132 valence electrons. The third-order valence-electron chi connectivity index (χ3n) is 3.40. The number of methoxy groups -OCH3 is 1. The van der Waals surface area contributed by atoms with Crippen LogP contribution in [0.1, 0.15) is 5.76 Å². The van der Waals surface area contributed by atoms with E-state index in [1.165, 1.54) is 12.1 Å². The molecular weight excluding hydrogens is 332 g/mol. The highest BCUT2D eigenvalue weighted by molar-refractivity contribution is 7.89. The Morgan fingerprint density at radius 1 is 1.12 bits per heavy atom. The molecule has 0 saturated heterocycles. The van der Waals surface area contributed by atoms with Crippen molar-refractivity contribution in [2.24, 2.45) is 5.14 Å². The van der Waals surface area contributed by atoms with Gasteiger partial charge in [0.2, 0.25) is 10.0 Å². The second-order valence-corrected chi connectivity index (χ2v) is 6.77. The molecule has 2 aromatic rings. The molecule has 7 nitrogen and oxygen atoms in total. The first-order valence-corrected chi connectivity index (χ1v) is 9.03. The molecule has 0 spiro atoms. The largest absolute Gasteiger partial charge is 0.492 e. The number of hydrogen-bond donors (Lipinski definition) is 1. The van der Waals surface area contributed by atoms with Crippen LogP contribution in [0.4, 0.5) is 0 Å². The Morgan fingerprint density at radius 3 is 2.42 bits per heavy atom. The van der Waals surface area contributed by atoms with Gasteiger partial charge in [0, 0.05) is 20.2 Å². The van der Waals surface area contributed by atoms with E-state index in [-0.39, 0.29) is 4.90 Å². The molecule has 0 aliphatic heterocycles. The molecule has 0 bridgehead atoms. The van der Waals surface area contributed by atoms with E-state index < -0.39 is 10.0 Å². The van der Waals surface area contributed by atoms with Crippen LogP contribution in [0.3, 0.4) is 0 Å². The number of sulfonamides is 1. The highest BCUT2D eigenvalue weighted by Gasteiger charge is 2.09. The number of hydrogen-bond acceptors (Lipinski definition) is 6. The highest BCUT2D eigenvalue weighted by Crippen LogP contribution is 2.15. The maximum Gasteiger partial charge on any atom is 0.238 e. The van der Waals surface area contributed by atoms with Crippen LogP contribution in [0.15, 0.2) is 52.0 Å². The highest BCUT2D eigenvalue weighted by atomic mass is 32.2. The fraction of sp³-hybridized carbons (Fsp3) is 0.375. The molecule has 0 aliphatic rings. The third-order valence-corrected chi connectivity index (χ3v) is 4.33. The van der Waals surface area contributed by atoms with Gasteiger partial charge in [0.05, 0.1) is 24.3 Å². The van der Waals surface area contributed by atoms with E-state index >= 15 is 0 Å². The van der Waals surface area contributed by atoms with Gasteiger partial charge < -0.3 is 13.9 Å².